The van der Waals surface area contributed by atoms with E-state index in [2.05, 4.69) is 19.7 Å². The minimum atomic E-state index is -4.56. The van der Waals surface area contributed by atoms with Crippen LogP contribution in [0.1, 0.15) is 41.8 Å². The minimum Gasteiger partial charge on any atom is -0.479 e. The van der Waals surface area contributed by atoms with Gasteiger partial charge < -0.3 is 40.4 Å². The van der Waals surface area contributed by atoms with Crippen molar-refractivity contribution in [3.05, 3.63) is 59.3 Å². The van der Waals surface area contributed by atoms with Crippen molar-refractivity contribution < 1.29 is 81.7 Å². The fourth-order valence-electron chi connectivity index (χ4n) is 4.37. The number of imidazole rings is 1. The molecular formula is C24H17F4N3O13. The molecule has 0 bridgehead atoms. The van der Waals surface area contributed by atoms with Gasteiger partial charge in [-0.05, 0) is 12.1 Å². The summed E-state index contributed by atoms with van der Waals surface area (Å²) in [5, 5.41) is 52.1. The van der Waals surface area contributed by atoms with Crippen LogP contribution in [0.3, 0.4) is 0 Å². The van der Waals surface area contributed by atoms with E-state index < -0.39 is 88.8 Å². The summed E-state index contributed by atoms with van der Waals surface area (Å²) in [5.74, 6) is -22.8. The van der Waals surface area contributed by atoms with E-state index in [1.807, 2.05) is 0 Å². The van der Waals surface area contributed by atoms with Crippen LogP contribution >= 0.6 is 0 Å². The van der Waals surface area contributed by atoms with Crippen molar-refractivity contribution in [3.63, 3.8) is 0 Å². The molecule has 1 saturated heterocycles. The fraction of sp³-hybridized carbons (Fsp3) is 0.250. The molecule has 3 aromatic rings. The Morgan fingerprint density at radius 3 is 1.64 bits per heavy atom. The van der Waals surface area contributed by atoms with Gasteiger partial charge in [0.05, 0.1) is 29.2 Å². The summed E-state index contributed by atoms with van der Waals surface area (Å²) >= 11 is 0. The molecule has 20 heteroatoms. The summed E-state index contributed by atoms with van der Waals surface area (Å²) < 4.78 is 56.4. The zero-order valence-electron chi connectivity index (χ0n) is 21.2. The van der Waals surface area contributed by atoms with Crippen LogP contribution in [0.2, 0.25) is 0 Å². The Labute approximate surface area is 239 Å². The molecule has 1 aliphatic heterocycles. The van der Waals surface area contributed by atoms with E-state index in [9.17, 15) is 46.3 Å². The Morgan fingerprint density at radius 1 is 0.727 bits per heavy atom. The van der Waals surface area contributed by atoms with Crippen molar-refractivity contribution in [2.45, 2.75) is 24.1 Å². The summed E-state index contributed by atoms with van der Waals surface area (Å²) in [4.78, 5) is 72.6. The second kappa shape index (κ2) is 11.9. The van der Waals surface area contributed by atoms with Crippen LogP contribution in [0.5, 0.6) is 0 Å². The zero-order chi connectivity index (χ0) is 33.3. The number of rotatable bonds is 6. The topological polar surface area (TPSA) is 275 Å². The van der Waals surface area contributed by atoms with E-state index in [4.69, 9.17) is 30.6 Å². The van der Waals surface area contributed by atoms with Crippen molar-refractivity contribution in [1.29, 1.82) is 0 Å². The van der Waals surface area contributed by atoms with Crippen molar-refractivity contribution >= 4 is 46.7 Å². The third-order valence-corrected chi connectivity index (χ3v) is 6.31. The number of alkyl halides is 4. The van der Waals surface area contributed by atoms with E-state index in [-0.39, 0.29) is 5.56 Å². The first-order valence-corrected chi connectivity index (χ1v) is 11.6. The maximum Gasteiger partial charge on any atom is 0.357 e. The average molecular weight is 631 g/mol. The number of halogens is 4. The molecule has 44 heavy (non-hydrogen) atoms. The van der Waals surface area contributed by atoms with E-state index in [0.717, 1.165) is 6.33 Å². The number of para-hydroxylation sites is 1. The number of pyridine rings is 1. The van der Waals surface area contributed by atoms with Crippen LogP contribution < -0.4 is 0 Å². The van der Waals surface area contributed by atoms with Crippen molar-refractivity contribution in [1.82, 2.24) is 15.0 Å². The number of hydrogen-bond donors (Lipinski definition) is 7. The van der Waals surface area contributed by atoms with Crippen LogP contribution in [0.25, 0.3) is 10.9 Å². The molecule has 4 unspecified atom stereocenters. The molecule has 5 rings (SSSR count). The number of H-pyrrole nitrogens is 1. The normalized spacial score (nSPS) is 22.1. The van der Waals surface area contributed by atoms with Gasteiger partial charge in [0.2, 0.25) is 0 Å². The van der Waals surface area contributed by atoms with Gasteiger partial charge in [0, 0.05) is 5.39 Å². The van der Waals surface area contributed by atoms with Gasteiger partial charge in [0.25, 0.3) is 0 Å². The number of carbonyl (C=O) groups is 6. The summed E-state index contributed by atoms with van der Waals surface area (Å²) in [6, 6.07) is 8.07. The lowest BCUT2D eigenvalue weighted by atomic mass is 9.63. The number of aliphatic carboxylic acids is 2. The third kappa shape index (κ3) is 5.82. The molecule has 0 radical (unpaired) electrons. The SMILES string of the molecule is O=C(O)C1OC(C(=O)O)C2C1C(F)(F)C2(F)F.O=C(O)c1cc2ccccc2nc1C(=O)O.O=C(O)c1nc[nH]c1C(=O)O. The Hall–Kier alpha value is -5.66. The number of nitrogens with one attached hydrogen (secondary N) is 1. The highest BCUT2D eigenvalue weighted by molar-refractivity contribution is 6.03. The van der Waals surface area contributed by atoms with E-state index in [1.54, 1.807) is 24.3 Å². The van der Waals surface area contributed by atoms with Gasteiger partial charge in [-0.1, -0.05) is 18.2 Å². The molecule has 0 amide bonds. The zero-order valence-corrected chi connectivity index (χ0v) is 21.2. The third-order valence-electron chi connectivity index (χ3n) is 6.31. The molecule has 2 aliphatic rings. The molecular weight excluding hydrogens is 614 g/mol. The first-order chi connectivity index (χ1) is 20.3. The number of benzene rings is 1. The van der Waals surface area contributed by atoms with Gasteiger partial charge in [-0.3, -0.25) is 0 Å². The molecule has 3 heterocycles. The highest BCUT2D eigenvalue weighted by atomic mass is 19.3. The second-order valence-electron chi connectivity index (χ2n) is 8.88. The lowest BCUT2D eigenvalue weighted by molar-refractivity contribution is -0.347. The highest BCUT2D eigenvalue weighted by Gasteiger charge is 2.86. The second-order valence-corrected chi connectivity index (χ2v) is 8.88. The van der Waals surface area contributed by atoms with Crippen LogP contribution in [-0.2, 0) is 14.3 Å². The van der Waals surface area contributed by atoms with Gasteiger partial charge in [-0.15, -0.1) is 0 Å². The molecule has 2 aromatic heterocycles. The van der Waals surface area contributed by atoms with Gasteiger partial charge in [-0.2, -0.15) is 17.6 Å². The summed E-state index contributed by atoms with van der Waals surface area (Å²) in [6.07, 6.45) is -3.43. The number of carboxylic acid groups (broad SMARTS) is 6. The first kappa shape index (κ1) is 32.8. The van der Waals surface area contributed by atoms with Gasteiger partial charge in [0.15, 0.2) is 29.3 Å². The lowest BCUT2D eigenvalue weighted by Crippen LogP contribution is -2.69. The maximum atomic E-state index is 13.0. The molecule has 1 aromatic carbocycles. The van der Waals surface area contributed by atoms with Gasteiger partial charge in [0.1, 0.15) is 0 Å². The number of hydrogen-bond acceptors (Lipinski definition) is 9. The predicted octanol–water partition coefficient (Wildman–Crippen LogP) is 1.88. The molecule has 7 N–H and O–H groups in total. The van der Waals surface area contributed by atoms with E-state index >= 15 is 0 Å². The minimum absolute atomic E-state index is 0.300. The van der Waals surface area contributed by atoms with E-state index in [1.165, 1.54) is 6.07 Å². The van der Waals surface area contributed by atoms with Gasteiger partial charge >= 0.3 is 47.7 Å². The molecule has 1 saturated carbocycles. The Bertz CT molecular complexity index is 1560. The quantitative estimate of drug-likeness (QED) is 0.191. The smallest absolute Gasteiger partial charge is 0.357 e. The monoisotopic (exact) mass is 631 g/mol. The molecule has 16 nitrogen and oxygen atoms in total. The van der Waals surface area contributed by atoms with Crippen molar-refractivity contribution in [3.8, 4) is 0 Å². The maximum absolute atomic E-state index is 13.0. The van der Waals surface area contributed by atoms with Crippen LogP contribution in [-0.4, -0.2) is 105 Å². The standard InChI is InChI=1S/C11H7NO4.C8H6F4O5.C5H4N2O4/c13-10(14)7-5-6-3-1-2-4-8(6)12-9(7)11(15)16;9-7(10)1-2(8(7,11)12)4(6(15)16)17-3(1)5(13)14;8-4(9)2-3(5(10)11)7-1-6-2/h1-5H,(H,13,14)(H,15,16);1-4H,(H,13,14)(H,15,16);1H,(H,6,7)(H,8,9)(H,10,11). The van der Waals surface area contributed by atoms with E-state index in [0.29, 0.717) is 10.9 Å². The number of aromatic carboxylic acids is 4. The highest BCUT2D eigenvalue weighted by Crippen LogP contribution is 2.65. The number of aromatic nitrogens is 3. The number of ether oxygens (including phenoxy) is 1. The van der Waals surface area contributed by atoms with Gasteiger partial charge in [-0.25, -0.2) is 38.7 Å². The largest absolute Gasteiger partial charge is 0.479 e. The molecule has 0 spiro atoms. The first-order valence-electron chi connectivity index (χ1n) is 11.6. The summed E-state index contributed by atoms with van der Waals surface area (Å²) in [7, 11) is 0. The van der Waals surface area contributed by atoms with Crippen LogP contribution in [0.4, 0.5) is 17.6 Å². The van der Waals surface area contributed by atoms with Crippen molar-refractivity contribution in [2.24, 2.45) is 11.8 Å². The molecule has 4 atom stereocenters. The number of nitrogens with zero attached hydrogens (tertiary/aromatic N) is 2. The number of aromatic amines is 1. The van der Waals surface area contributed by atoms with Crippen molar-refractivity contribution in [2.75, 3.05) is 0 Å². The number of carboxylic acids is 6. The summed E-state index contributed by atoms with van der Waals surface area (Å²) in [6.45, 7) is 0. The summed E-state index contributed by atoms with van der Waals surface area (Å²) in [5.41, 5.74) is -1.16. The molecule has 2 fully saturated rings. The van der Waals surface area contributed by atoms with Crippen LogP contribution in [0, 0.1) is 11.8 Å². The Kier molecular flexibility index (Phi) is 8.89. The lowest BCUT2D eigenvalue weighted by Gasteiger charge is -2.48. The average Bonchev–Trinajstić information content (AvgIpc) is 3.59. The molecule has 1 aliphatic carbocycles. The Morgan fingerprint density at radius 2 is 1.23 bits per heavy atom. The number of fused-ring (bicyclic) bond motifs is 2. The molecule has 234 valence electrons. The fourth-order valence-corrected chi connectivity index (χ4v) is 4.37. The van der Waals surface area contributed by atoms with Crippen LogP contribution in [0.15, 0.2) is 36.7 Å². The predicted molar refractivity (Wildman–Crippen MR) is 129 cm³/mol. The Balaban J connectivity index is 0.000000185.